The highest BCUT2D eigenvalue weighted by Crippen LogP contribution is 2.38. The average Bonchev–Trinajstić information content (AvgIpc) is 2.39. The highest BCUT2D eigenvalue weighted by Gasteiger charge is 2.23. The van der Waals surface area contributed by atoms with Crippen molar-refractivity contribution in [1.29, 1.82) is 0 Å². The standard InChI is InChI=1S/C16H25NO/c1-11(2)13-6-9-16(18-3)15(10-13)12-4-7-14(17)8-5-12/h6,9-12,14H,4-5,7-8,17H2,1-3H3. The van der Waals surface area contributed by atoms with Crippen molar-refractivity contribution < 1.29 is 4.74 Å². The van der Waals surface area contributed by atoms with E-state index >= 15 is 0 Å². The summed E-state index contributed by atoms with van der Waals surface area (Å²) in [5.41, 5.74) is 8.78. The second kappa shape index (κ2) is 5.75. The first-order chi connectivity index (χ1) is 8.61. The first-order valence-corrected chi connectivity index (χ1v) is 7.05. The molecule has 0 unspecified atom stereocenters. The molecule has 2 nitrogen and oxygen atoms in total. The van der Waals surface area contributed by atoms with Crippen molar-refractivity contribution in [3.63, 3.8) is 0 Å². The van der Waals surface area contributed by atoms with Gasteiger partial charge in [0, 0.05) is 6.04 Å². The molecule has 18 heavy (non-hydrogen) atoms. The van der Waals surface area contributed by atoms with Crippen LogP contribution in [0.5, 0.6) is 5.75 Å². The highest BCUT2D eigenvalue weighted by molar-refractivity contribution is 5.41. The van der Waals surface area contributed by atoms with Crippen LogP contribution < -0.4 is 10.5 Å². The lowest BCUT2D eigenvalue weighted by Gasteiger charge is -2.28. The Morgan fingerprint density at radius 1 is 1.17 bits per heavy atom. The second-order valence-electron chi connectivity index (χ2n) is 5.77. The first kappa shape index (κ1) is 13.4. The third kappa shape index (κ3) is 2.86. The van der Waals surface area contributed by atoms with Gasteiger partial charge < -0.3 is 10.5 Å². The van der Waals surface area contributed by atoms with Gasteiger partial charge >= 0.3 is 0 Å². The molecule has 0 saturated heterocycles. The zero-order valence-corrected chi connectivity index (χ0v) is 11.8. The van der Waals surface area contributed by atoms with Gasteiger partial charge in [-0.25, -0.2) is 0 Å². The average molecular weight is 247 g/mol. The first-order valence-electron chi connectivity index (χ1n) is 7.05. The molecule has 2 N–H and O–H groups in total. The number of methoxy groups -OCH3 is 1. The van der Waals surface area contributed by atoms with Crippen LogP contribution in [0.2, 0.25) is 0 Å². The molecule has 0 bridgehead atoms. The van der Waals surface area contributed by atoms with E-state index in [-0.39, 0.29) is 0 Å². The summed E-state index contributed by atoms with van der Waals surface area (Å²) in [6.07, 6.45) is 4.66. The van der Waals surface area contributed by atoms with Crippen molar-refractivity contribution in [2.24, 2.45) is 5.73 Å². The Kier molecular flexibility index (Phi) is 4.28. The van der Waals surface area contributed by atoms with Crippen LogP contribution in [0.15, 0.2) is 18.2 Å². The van der Waals surface area contributed by atoms with Gasteiger partial charge in [0.05, 0.1) is 7.11 Å². The van der Waals surface area contributed by atoms with Crippen LogP contribution in [0, 0.1) is 0 Å². The number of ether oxygens (including phenoxy) is 1. The minimum atomic E-state index is 0.403. The van der Waals surface area contributed by atoms with Crippen LogP contribution in [0.4, 0.5) is 0 Å². The molecule has 0 spiro atoms. The Balaban J connectivity index is 2.26. The van der Waals surface area contributed by atoms with E-state index in [1.165, 1.54) is 24.0 Å². The summed E-state index contributed by atoms with van der Waals surface area (Å²) in [7, 11) is 1.77. The summed E-state index contributed by atoms with van der Waals surface area (Å²) in [6, 6.07) is 7.05. The van der Waals surface area contributed by atoms with Gasteiger partial charge in [0.2, 0.25) is 0 Å². The maximum absolute atomic E-state index is 5.99. The summed E-state index contributed by atoms with van der Waals surface area (Å²) >= 11 is 0. The van der Waals surface area contributed by atoms with Crippen molar-refractivity contribution in [2.45, 2.75) is 57.4 Å². The van der Waals surface area contributed by atoms with E-state index in [0.717, 1.165) is 18.6 Å². The fraction of sp³-hybridized carbons (Fsp3) is 0.625. The Morgan fingerprint density at radius 2 is 1.83 bits per heavy atom. The van der Waals surface area contributed by atoms with E-state index in [1.54, 1.807) is 7.11 Å². The lowest BCUT2D eigenvalue weighted by atomic mass is 9.80. The lowest BCUT2D eigenvalue weighted by molar-refractivity contribution is 0.369. The predicted octanol–water partition coefficient (Wildman–Crippen LogP) is 3.80. The minimum Gasteiger partial charge on any atom is -0.496 e. The molecule has 0 aromatic heterocycles. The third-order valence-corrected chi connectivity index (χ3v) is 4.13. The summed E-state index contributed by atoms with van der Waals surface area (Å²) in [5.74, 6) is 2.24. The summed E-state index contributed by atoms with van der Waals surface area (Å²) in [6.45, 7) is 4.48. The largest absolute Gasteiger partial charge is 0.496 e. The van der Waals surface area contributed by atoms with E-state index in [2.05, 4.69) is 32.0 Å². The maximum atomic E-state index is 5.99. The van der Waals surface area contributed by atoms with Crippen LogP contribution in [0.3, 0.4) is 0 Å². The molecule has 2 heteroatoms. The Morgan fingerprint density at radius 3 is 2.39 bits per heavy atom. The Hall–Kier alpha value is -1.02. The molecule has 1 fully saturated rings. The molecule has 1 aliphatic carbocycles. The lowest BCUT2D eigenvalue weighted by Crippen LogP contribution is -2.25. The van der Waals surface area contributed by atoms with E-state index in [0.29, 0.717) is 17.9 Å². The SMILES string of the molecule is COc1ccc(C(C)C)cc1C1CCC(N)CC1. The molecule has 0 aliphatic heterocycles. The van der Waals surface area contributed by atoms with Crippen molar-refractivity contribution in [3.8, 4) is 5.75 Å². The normalized spacial score (nSPS) is 24.3. The second-order valence-corrected chi connectivity index (χ2v) is 5.77. The van der Waals surface area contributed by atoms with Crippen molar-refractivity contribution in [2.75, 3.05) is 7.11 Å². The topological polar surface area (TPSA) is 35.2 Å². The molecule has 1 aromatic rings. The molecule has 0 radical (unpaired) electrons. The third-order valence-electron chi connectivity index (χ3n) is 4.13. The molecule has 1 aliphatic rings. The quantitative estimate of drug-likeness (QED) is 0.881. The minimum absolute atomic E-state index is 0.403. The van der Waals surface area contributed by atoms with Gasteiger partial charge in [-0.1, -0.05) is 26.0 Å². The van der Waals surface area contributed by atoms with Crippen molar-refractivity contribution in [3.05, 3.63) is 29.3 Å². The number of rotatable bonds is 3. The summed E-state index contributed by atoms with van der Waals surface area (Å²) < 4.78 is 5.53. The van der Waals surface area contributed by atoms with E-state index < -0.39 is 0 Å². The summed E-state index contributed by atoms with van der Waals surface area (Å²) in [4.78, 5) is 0. The van der Waals surface area contributed by atoms with E-state index in [4.69, 9.17) is 10.5 Å². The van der Waals surface area contributed by atoms with Gasteiger partial charge in [0.15, 0.2) is 0 Å². The van der Waals surface area contributed by atoms with Gasteiger partial charge in [-0.05, 0) is 54.7 Å². The predicted molar refractivity (Wildman–Crippen MR) is 76.3 cm³/mol. The molecule has 2 rings (SSSR count). The van der Waals surface area contributed by atoms with Crippen LogP contribution in [-0.2, 0) is 0 Å². The summed E-state index contributed by atoms with van der Waals surface area (Å²) in [5, 5.41) is 0. The van der Waals surface area contributed by atoms with Crippen LogP contribution in [0.25, 0.3) is 0 Å². The van der Waals surface area contributed by atoms with Gasteiger partial charge in [-0.15, -0.1) is 0 Å². The smallest absolute Gasteiger partial charge is 0.122 e. The molecule has 0 heterocycles. The Labute approximate surface area is 111 Å². The molecule has 1 aromatic carbocycles. The number of hydrogen-bond acceptors (Lipinski definition) is 2. The fourth-order valence-corrected chi connectivity index (χ4v) is 2.86. The molecule has 0 amide bonds. The number of benzene rings is 1. The van der Waals surface area contributed by atoms with Crippen molar-refractivity contribution >= 4 is 0 Å². The van der Waals surface area contributed by atoms with Gasteiger partial charge in [0.25, 0.3) is 0 Å². The number of hydrogen-bond donors (Lipinski definition) is 1. The number of nitrogens with two attached hydrogens (primary N) is 1. The molecule has 1 saturated carbocycles. The Bertz CT molecular complexity index is 392. The van der Waals surface area contributed by atoms with Gasteiger partial charge in [0.1, 0.15) is 5.75 Å². The van der Waals surface area contributed by atoms with E-state index in [1.807, 2.05) is 0 Å². The molecular weight excluding hydrogens is 222 g/mol. The highest BCUT2D eigenvalue weighted by atomic mass is 16.5. The van der Waals surface area contributed by atoms with Crippen LogP contribution >= 0.6 is 0 Å². The molecule has 100 valence electrons. The maximum Gasteiger partial charge on any atom is 0.122 e. The van der Waals surface area contributed by atoms with Gasteiger partial charge in [-0.2, -0.15) is 0 Å². The molecule has 0 atom stereocenters. The van der Waals surface area contributed by atoms with Crippen LogP contribution in [-0.4, -0.2) is 13.2 Å². The fourth-order valence-electron chi connectivity index (χ4n) is 2.86. The van der Waals surface area contributed by atoms with E-state index in [9.17, 15) is 0 Å². The van der Waals surface area contributed by atoms with Gasteiger partial charge in [-0.3, -0.25) is 0 Å². The zero-order chi connectivity index (χ0) is 13.1. The monoisotopic (exact) mass is 247 g/mol. The molecular formula is C16H25NO. The van der Waals surface area contributed by atoms with Crippen LogP contribution in [0.1, 0.15) is 62.5 Å². The zero-order valence-electron chi connectivity index (χ0n) is 11.8. The van der Waals surface area contributed by atoms with Crippen molar-refractivity contribution in [1.82, 2.24) is 0 Å².